The molecular weight excluding hydrogens is 94.0 g/mol. The van der Waals surface area contributed by atoms with Crippen LogP contribution >= 0.6 is 0 Å². The lowest BCUT2D eigenvalue weighted by Crippen LogP contribution is -2.11. The van der Waals surface area contributed by atoms with Crippen LogP contribution < -0.4 is 5.32 Å². The smallest absolute Gasteiger partial charge is 0.216 e. The average Bonchev–Trinajstić information content (AvgIpc) is 1.73. The van der Waals surface area contributed by atoms with Crippen LogP contribution in [-0.2, 0) is 4.79 Å². The third kappa shape index (κ3) is 31.2. The van der Waals surface area contributed by atoms with Gasteiger partial charge in [0.1, 0.15) is 0 Å². The molecule has 0 fully saturated rings. The number of carbonyl (C=O) groups is 1. The SMILES string of the molecule is CNC(C)=O.CO. The molecule has 0 saturated heterocycles. The summed E-state index contributed by atoms with van der Waals surface area (Å²) in [5, 5.41) is 9.39. The number of hydrogen-bond donors (Lipinski definition) is 2. The zero-order valence-electron chi connectivity index (χ0n) is 4.86. The molecule has 3 nitrogen and oxygen atoms in total. The van der Waals surface area contributed by atoms with Crippen molar-refractivity contribution < 1.29 is 9.90 Å². The molecule has 0 radical (unpaired) electrons. The molecule has 0 spiro atoms. The molecule has 0 rings (SSSR count). The number of aliphatic hydroxyl groups is 1. The number of nitrogens with one attached hydrogen (secondary N) is 1. The number of hydrogen-bond acceptors (Lipinski definition) is 2. The summed E-state index contributed by atoms with van der Waals surface area (Å²) >= 11 is 0. The summed E-state index contributed by atoms with van der Waals surface area (Å²) in [6, 6.07) is 0. The van der Waals surface area contributed by atoms with Crippen molar-refractivity contribution in [2.75, 3.05) is 14.2 Å². The summed E-state index contributed by atoms with van der Waals surface area (Å²) < 4.78 is 0. The Morgan fingerprint density at radius 2 is 1.71 bits per heavy atom. The summed E-state index contributed by atoms with van der Waals surface area (Å²) in [5.41, 5.74) is 0. The molecule has 0 atom stereocenters. The molecule has 0 aromatic rings. The van der Waals surface area contributed by atoms with Gasteiger partial charge in [0, 0.05) is 21.1 Å². The molecule has 0 aromatic heterocycles. The Morgan fingerprint density at radius 3 is 1.71 bits per heavy atom. The Kier molecular flexibility index (Phi) is 12.5. The molecule has 0 aliphatic rings. The standard InChI is InChI=1S/C3H7NO.CH4O/c1-3(5)4-2;1-2/h1-2H3,(H,4,5);2H,1H3. The van der Waals surface area contributed by atoms with Crippen LogP contribution in [0, 0.1) is 0 Å². The predicted octanol–water partition coefficient (Wildman–Crippen LogP) is -0.639. The van der Waals surface area contributed by atoms with Crippen LogP contribution in [0.3, 0.4) is 0 Å². The van der Waals surface area contributed by atoms with E-state index in [1.807, 2.05) is 0 Å². The maximum absolute atomic E-state index is 9.70. The fourth-order valence-electron chi connectivity index (χ4n) is 0. The highest BCUT2D eigenvalue weighted by molar-refractivity contribution is 5.72. The van der Waals surface area contributed by atoms with E-state index in [1.165, 1.54) is 6.92 Å². The van der Waals surface area contributed by atoms with Crippen molar-refractivity contribution in [1.29, 1.82) is 0 Å². The second-order valence-corrected chi connectivity index (χ2v) is 0.806. The number of rotatable bonds is 0. The highest BCUT2D eigenvalue weighted by Crippen LogP contribution is 1.45. The van der Waals surface area contributed by atoms with E-state index in [2.05, 4.69) is 5.32 Å². The zero-order valence-corrected chi connectivity index (χ0v) is 4.86. The Labute approximate surface area is 43.3 Å². The molecule has 0 saturated carbocycles. The van der Waals surface area contributed by atoms with E-state index in [0.29, 0.717) is 0 Å². The third-order valence-electron chi connectivity index (χ3n) is 0.352. The maximum atomic E-state index is 9.70. The summed E-state index contributed by atoms with van der Waals surface area (Å²) in [4.78, 5) is 9.70. The first kappa shape index (κ1) is 9.66. The average molecular weight is 105 g/mol. The van der Waals surface area contributed by atoms with Crippen LogP contribution in [0.5, 0.6) is 0 Å². The summed E-state index contributed by atoms with van der Waals surface area (Å²) in [6.45, 7) is 1.47. The van der Waals surface area contributed by atoms with Gasteiger partial charge in [0.15, 0.2) is 0 Å². The minimum absolute atomic E-state index is 0.00463. The van der Waals surface area contributed by atoms with E-state index in [9.17, 15) is 4.79 Å². The van der Waals surface area contributed by atoms with E-state index in [-0.39, 0.29) is 5.91 Å². The van der Waals surface area contributed by atoms with Crippen LogP contribution in [0.2, 0.25) is 0 Å². The molecule has 7 heavy (non-hydrogen) atoms. The molecule has 1 amide bonds. The lowest BCUT2D eigenvalue weighted by molar-refractivity contribution is -0.118. The molecule has 0 bridgehead atoms. The molecule has 0 unspecified atom stereocenters. The van der Waals surface area contributed by atoms with Crippen LogP contribution in [-0.4, -0.2) is 25.2 Å². The molecule has 0 aliphatic heterocycles. The van der Waals surface area contributed by atoms with Crippen molar-refractivity contribution in [1.82, 2.24) is 5.32 Å². The van der Waals surface area contributed by atoms with Gasteiger partial charge < -0.3 is 10.4 Å². The van der Waals surface area contributed by atoms with E-state index < -0.39 is 0 Å². The minimum Gasteiger partial charge on any atom is -0.400 e. The number of amides is 1. The maximum Gasteiger partial charge on any atom is 0.216 e. The predicted molar refractivity (Wildman–Crippen MR) is 27.9 cm³/mol. The van der Waals surface area contributed by atoms with Crippen molar-refractivity contribution in [3.8, 4) is 0 Å². The van der Waals surface area contributed by atoms with Crippen LogP contribution in [0.1, 0.15) is 6.92 Å². The van der Waals surface area contributed by atoms with Gasteiger partial charge in [-0.2, -0.15) is 0 Å². The van der Waals surface area contributed by atoms with Gasteiger partial charge in [-0.1, -0.05) is 0 Å². The molecular formula is C4H11NO2. The number of carbonyl (C=O) groups excluding carboxylic acids is 1. The fourth-order valence-corrected chi connectivity index (χ4v) is 0. The molecule has 2 N–H and O–H groups in total. The van der Waals surface area contributed by atoms with Crippen molar-refractivity contribution in [3.05, 3.63) is 0 Å². The topological polar surface area (TPSA) is 49.3 Å². The Balaban J connectivity index is 0. The van der Waals surface area contributed by atoms with E-state index in [0.717, 1.165) is 7.11 Å². The normalized spacial score (nSPS) is 5.71. The van der Waals surface area contributed by atoms with Crippen molar-refractivity contribution in [2.24, 2.45) is 0 Å². The molecule has 44 valence electrons. The first-order valence-electron chi connectivity index (χ1n) is 1.90. The van der Waals surface area contributed by atoms with E-state index >= 15 is 0 Å². The van der Waals surface area contributed by atoms with Gasteiger partial charge in [0.2, 0.25) is 5.91 Å². The van der Waals surface area contributed by atoms with Gasteiger partial charge in [0.05, 0.1) is 0 Å². The minimum atomic E-state index is 0.00463. The summed E-state index contributed by atoms with van der Waals surface area (Å²) in [6.07, 6.45) is 0. The van der Waals surface area contributed by atoms with Gasteiger partial charge in [-0.15, -0.1) is 0 Å². The van der Waals surface area contributed by atoms with Gasteiger partial charge in [-0.3, -0.25) is 4.79 Å². The first-order chi connectivity index (χ1) is 3.27. The van der Waals surface area contributed by atoms with Gasteiger partial charge in [-0.25, -0.2) is 0 Å². The van der Waals surface area contributed by atoms with Crippen LogP contribution in [0.25, 0.3) is 0 Å². The Morgan fingerprint density at radius 1 is 1.57 bits per heavy atom. The van der Waals surface area contributed by atoms with Gasteiger partial charge in [-0.05, 0) is 0 Å². The van der Waals surface area contributed by atoms with Gasteiger partial charge >= 0.3 is 0 Å². The summed E-state index contributed by atoms with van der Waals surface area (Å²) in [5.74, 6) is 0.00463. The zero-order chi connectivity index (χ0) is 6.28. The van der Waals surface area contributed by atoms with Crippen LogP contribution in [0.15, 0.2) is 0 Å². The van der Waals surface area contributed by atoms with Crippen LogP contribution in [0.4, 0.5) is 0 Å². The molecule has 3 heteroatoms. The highest BCUT2D eigenvalue weighted by Gasteiger charge is 1.72. The third-order valence-corrected chi connectivity index (χ3v) is 0.352. The largest absolute Gasteiger partial charge is 0.400 e. The lowest BCUT2D eigenvalue weighted by Gasteiger charge is -1.80. The second-order valence-electron chi connectivity index (χ2n) is 0.806. The van der Waals surface area contributed by atoms with Crippen molar-refractivity contribution in [3.63, 3.8) is 0 Å². The fraction of sp³-hybridized carbons (Fsp3) is 0.750. The summed E-state index contributed by atoms with van der Waals surface area (Å²) in [7, 11) is 2.60. The molecule has 0 aromatic carbocycles. The molecule has 0 heterocycles. The quantitative estimate of drug-likeness (QED) is 0.430. The number of aliphatic hydroxyl groups excluding tert-OH is 1. The second kappa shape index (κ2) is 9.06. The Hall–Kier alpha value is -0.570. The highest BCUT2D eigenvalue weighted by atomic mass is 16.2. The van der Waals surface area contributed by atoms with E-state index in [1.54, 1.807) is 7.05 Å². The van der Waals surface area contributed by atoms with Crippen molar-refractivity contribution in [2.45, 2.75) is 6.92 Å². The lowest BCUT2D eigenvalue weighted by atomic mass is 10.7. The monoisotopic (exact) mass is 105 g/mol. The van der Waals surface area contributed by atoms with Crippen molar-refractivity contribution >= 4 is 5.91 Å². The first-order valence-corrected chi connectivity index (χ1v) is 1.90. The van der Waals surface area contributed by atoms with Gasteiger partial charge in [0.25, 0.3) is 0 Å². The van der Waals surface area contributed by atoms with E-state index in [4.69, 9.17) is 5.11 Å². The Bertz CT molecular complexity index is 45.0. The molecule has 0 aliphatic carbocycles.